The molecule has 1 amide bonds. The summed E-state index contributed by atoms with van der Waals surface area (Å²) < 4.78 is 2.07. The summed E-state index contributed by atoms with van der Waals surface area (Å²) in [6, 6.07) is 9.67. The number of thiophene rings is 1. The van der Waals surface area contributed by atoms with Gasteiger partial charge in [-0.3, -0.25) is 4.79 Å². The highest BCUT2D eigenvalue weighted by molar-refractivity contribution is 9.12. The molecule has 1 atom stereocenters. The summed E-state index contributed by atoms with van der Waals surface area (Å²) in [5.41, 5.74) is 9.63. The molecule has 3 nitrogen and oxygen atoms in total. The topological polar surface area (TPSA) is 46.3 Å². The molecule has 0 aliphatic carbocycles. The summed E-state index contributed by atoms with van der Waals surface area (Å²) in [6.45, 7) is 1.33. The molecule has 0 bridgehead atoms. The van der Waals surface area contributed by atoms with E-state index >= 15 is 0 Å². The Morgan fingerprint density at radius 2 is 1.90 bits per heavy atom. The van der Waals surface area contributed by atoms with Crippen LogP contribution in [0.3, 0.4) is 0 Å². The molecular weight excluding hydrogens is 416 g/mol. The molecule has 1 aliphatic rings. The van der Waals surface area contributed by atoms with E-state index in [0.29, 0.717) is 19.5 Å². The summed E-state index contributed by atoms with van der Waals surface area (Å²) >= 11 is 8.56. The maximum atomic E-state index is 12.5. The Kier molecular flexibility index (Phi) is 4.49. The summed E-state index contributed by atoms with van der Waals surface area (Å²) in [4.78, 5) is 14.4. The molecule has 110 valence electrons. The van der Waals surface area contributed by atoms with Crippen molar-refractivity contribution >= 4 is 49.1 Å². The van der Waals surface area contributed by atoms with Crippen molar-refractivity contribution in [2.24, 2.45) is 5.73 Å². The zero-order chi connectivity index (χ0) is 15.0. The van der Waals surface area contributed by atoms with E-state index in [1.807, 2.05) is 23.1 Å². The largest absolute Gasteiger partial charge is 0.333 e. The maximum absolute atomic E-state index is 12.5. The first kappa shape index (κ1) is 15.2. The number of carbonyl (C=O) groups excluding carboxylic acids is 1. The van der Waals surface area contributed by atoms with Crippen LogP contribution < -0.4 is 5.73 Å². The predicted molar refractivity (Wildman–Crippen MR) is 92.1 cm³/mol. The van der Waals surface area contributed by atoms with Crippen molar-refractivity contribution < 1.29 is 4.79 Å². The summed E-state index contributed by atoms with van der Waals surface area (Å²) in [7, 11) is 0. The van der Waals surface area contributed by atoms with E-state index < -0.39 is 6.04 Å². The second-order valence-electron chi connectivity index (χ2n) is 5.12. The number of hydrogen-bond donors (Lipinski definition) is 1. The lowest BCUT2D eigenvalue weighted by molar-refractivity contribution is -0.133. The Balaban J connectivity index is 1.68. The summed E-state index contributed by atoms with van der Waals surface area (Å²) in [5.74, 6) is 0.0143. The van der Waals surface area contributed by atoms with Gasteiger partial charge in [0.05, 0.1) is 13.6 Å². The van der Waals surface area contributed by atoms with Crippen LogP contribution in [0.25, 0.3) is 0 Å². The highest BCUT2D eigenvalue weighted by atomic mass is 79.9. The minimum absolute atomic E-state index is 0.0143. The molecular formula is C15H14Br2N2OS. The van der Waals surface area contributed by atoms with Gasteiger partial charge in [0.2, 0.25) is 5.91 Å². The number of fused-ring (bicyclic) bond motifs is 1. The van der Waals surface area contributed by atoms with Crippen molar-refractivity contribution in [1.82, 2.24) is 4.90 Å². The van der Waals surface area contributed by atoms with Gasteiger partial charge in [-0.2, -0.15) is 0 Å². The van der Waals surface area contributed by atoms with Gasteiger partial charge in [-0.25, -0.2) is 0 Å². The van der Waals surface area contributed by atoms with Gasteiger partial charge in [-0.15, -0.1) is 11.3 Å². The van der Waals surface area contributed by atoms with Crippen molar-refractivity contribution in [1.29, 1.82) is 0 Å². The molecule has 0 saturated carbocycles. The van der Waals surface area contributed by atoms with E-state index in [2.05, 4.69) is 44.0 Å². The lowest BCUT2D eigenvalue weighted by Crippen LogP contribution is -2.42. The molecule has 2 heterocycles. The third-order valence-electron chi connectivity index (χ3n) is 3.64. The number of halogens is 2. The smallest absolute Gasteiger partial charge is 0.240 e. The number of rotatable bonds is 3. The van der Waals surface area contributed by atoms with E-state index in [1.54, 1.807) is 11.3 Å². The van der Waals surface area contributed by atoms with Crippen LogP contribution in [-0.2, 0) is 24.3 Å². The molecule has 0 spiro atoms. The first-order chi connectivity index (χ1) is 10.0. The molecule has 0 unspecified atom stereocenters. The summed E-state index contributed by atoms with van der Waals surface area (Å²) in [6.07, 6.45) is 0.550. The molecule has 0 saturated heterocycles. The molecule has 1 aliphatic heterocycles. The van der Waals surface area contributed by atoms with Crippen molar-refractivity contribution in [3.05, 3.63) is 54.6 Å². The highest BCUT2D eigenvalue weighted by Gasteiger charge is 2.27. The molecule has 21 heavy (non-hydrogen) atoms. The van der Waals surface area contributed by atoms with Crippen LogP contribution in [0, 0.1) is 0 Å². The van der Waals surface area contributed by atoms with Crippen LogP contribution in [0.2, 0.25) is 0 Å². The first-order valence-electron chi connectivity index (χ1n) is 6.59. The van der Waals surface area contributed by atoms with E-state index in [9.17, 15) is 4.79 Å². The molecule has 1 aromatic heterocycles. The van der Waals surface area contributed by atoms with E-state index in [4.69, 9.17) is 5.73 Å². The van der Waals surface area contributed by atoms with Crippen molar-refractivity contribution in [2.75, 3.05) is 0 Å². The Labute approximate surface area is 144 Å². The molecule has 0 radical (unpaired) electrons. The van der Waals surface area contributed by atoms with Gasteiger partial charge in [-0.05, 0) is 61.0 Å². The number of hydrogen-bond acceptors (Lipinski definition) is 3. The SMILES string of the molecule is N[C@@H](Cc1cc(Br)sc1Br)C(=O)N1Cc2ccccc2C1. The molecule has 3 rings (SSSR count). The van der Waals surface area contributed by atoms with Crippen LogP contribution in [0.4, 0.5) is 0 Å². The Hall–Kier alpha value is -0.690. The maximum Gasteiger partial charge on any atom is 0.240 e. The van der Waals surface area contributed by atoms with Gasteiger partial charge in [0.15, 0.2) is 0 Å². The zero-order valence-corrected chi connectivity index (χ0v) is 15.2. The second kappa shape index (κ2) is 6.20. The second-order valence-corrected chi connectivity index (χ2v) is 8.87. The first-order valence-corrected chi connectivity index (χ1v) is 8.99. The van der Waals surface area contributed by atoms with Gasteiger partial charge in [0, 0.05) is 13.1 Å². The van der Waals surface area contributed by atoms with E-state index in [-0.39, 0.29) is 5.91 Å². The predicted octanol–water partition coefficient (Wildman–Crippen LogP) is 3.69. The number of amides is 1. The minimum Gasteiger partial charge on any atom is -0.333 e. The third kappa shape index (κ3) is 3.23. The Bertz CT molecular complexity index is 661. The van der Waals surface area contributed by atoms with Crippen LogP contribution in [0.15, 0.2) is 37.9 Å². The van der Waals surface area contributed by atoms with Crippen molar-refractivity contribution in [3.8, 4) is 0 Å². The van der Waals surface area contributed by atoms with Gasteiger partial charge in [0.25, 0.3) is 0 Å². The van der Waals surface area contributed by atoms with E-state index in [0.717, 1.165) is 13.1 Å². The average molecular weight is 430 g/mol. The molecule has 1 aromatic carbocycles. The number of benzene rings is 1. The normalized spacial score (nSPS) is 15.1. The quantitative estimate of drug-likeness (QED) is 0.808. The Morgan fingerprint density at radius 1 is 1.29 bits per heavy atom. The average Bonchev–Trinajstić information content (AvgIpc) is 3.01. The van der Waals surface area contributed by atoms with Gasteiger partial charge >= 0.3 is 0 Å². The van der Waals surface area contributed by atoms with E-state index in [1.165, 1.54) is 11.1 Å². The zero-order valence-electron chi connectivity index (χ0n) is 11.2. The number of nitrogens with zero attached hydrogens (tertiary/aromatic N) is 1. The molecule has 2 N–H and O–H groups in total. The van der Waals surface area contributed by atoms with Gasteiger partial charge < -0.3 is 10.6 Å². The summed E-state index contributed by atoms with van der Waals surface area (Å²) in [5, 5.41) is 0. The monoisotopic (exact) mass is 428 g/mol. The van der Waals surface area contributed by atoms with Crippen LogP contribution in [-0.4, -0.2) is 16.8 Å². The lowest BCUT2D eigenvalue weighted by atomic mass is 10.1. The molecule has 6 heteroatoms. The van der Waals surface area contributed by atoms with Crippen LogP contribution in [0.5, 0.6) is 0 Å². The number of carbonyl (C=O) groups is 1. The fraction of sp³-hybridized carbons (Fsp3) is 0.267. The molecule has 0 fully saturated rings. The van der Waals surface area contributed by atoms with Crippen molar-refractivity contribution in [2.45, 2.75) is 25.6 Å². The van der Waals surface area contributed by atoms with Crippen molar-refractivity contribution in [3.63, 3.8) is 0 Å². The molecule has 2 aromatic rings. The van der Waals surface area contributed by atoms with Crippen LogP contribution >= 0.6 is 43.2 Å². The minimum atomic E-state index is -0.503. The van der Waals surface area contributed by atoms with Gasteiger partial charge in [0.1, 0.15) is 0 Å². The lowest BCUT2D eigenvalue weighted by Gasteiger charge is -2.20. The highest BCUT2D eigenvalue weighted by Crippen LogP contribution is 2.32. The van der Waals surface area contributed by atoms with Crippen LogP contribution in [0.1, 0.15) is 16.7 Å². The number of nitrogens with two attached hydrogens (primary N) is 1. The fourth-order valence-electron chi connectivity index (χ4n) is 2.56. The Morgan fingerprint density at radius 3 is 2.43 bits per heavy atom. The standard InChI is InChI=1S/C15H14Br2N2OS/c16-13-6-11(14(17)21-13)5-12(18)15(20)19-7-9-3-1-2-4-10(9)8-19/h1-4,6,12H,5,7-8,18H2/t12-/m0/s1. The third-order valence-corrected chi connectivity index (χ3v) is 6.10. The fourth-order valence-corrected chi connectivity index (χ4v) is 5.42. The van der Waals surface area contributed by atoms with Gasteiger partial charge in [-0.1, -0.05) is 24.3 Å².